The summed E-state index contributed by atoms with van der Waals surface area (Å²) in [5.41, 5.74) is 3.35. The number of amides is 1. The van der Waals surface area contributed by atoms with Crippen molar-refractivity contribution in [3.8, 4) is 0 Å². The van der Waals surface area contributed by atoms with Gasteiger partial charge in [-0.05, 0) is 49.5 Å². The summed E-state index contributed by atoms with van der Waals surface area (Å²) in [7, 11) is 0. The second-order valence-corrected chi connectivity index (χ2v) is 10.2. The molecule has 5 nitrogen and oxygen atoms in total. The Morgan fingerprint density at radius 2 is 1.82 bits per heavy atom. The molecule has 3 aromatic rings. The first-order valence-electron chi connectivity index (χ1n) is 12.6. The fourth-order valence-corrected chi connectivity index (χ4v) is 5.47. The molecule has 2 aliphatic heterocycles. The molecular formula is C29H35N3O2. The molecule has 0 unspecified atom stereocenters. The van der Waals surface area contributed by atoms with E-state index in [9.17, 15) is 4.79 Å². The van der Waals surface area contributed by atoms with Gasteiger partial charge in [-0.2, -0.15) is 0 Å². The Morgan fingerprint density at radius 1 is 1.03 bits per heavy atom. The van der Waals surface area contributed by atoms with Crippen LogP contribution in [0.4, 0.5) is 0 Å². The van der Waals surface area contributed by atoms with Gasteiger partial charge in [-0.25, -0.2) is 0 Å². The molecule has 3 heterocycles. The van der Waals surface area contributed by atoms with Crippen LogP contribution in [0.2, 0.25) is 0 Å². The molecule has 0 radical (unpaired) electrons. The first kappa shape index (κ1) is 23.0. The number of nitrogens with zero attached hydrogens (tertiary/aromatic N) is 3. The third-order valence-electron chi connectivity index (χ3n) is 7.57. The second-order valence-electron chi connectivity index (χ2n) is 10.2. The molecule has 5 rings (SSSR count). The Kier molecular flexibility index (Phi) is 6.93. The summed E-state index contributed by atoms with van der Waals surface area (Å²) in [5.74, 6) is 0.583. The minimum Gasteiger partial charge on any atom is -0.379 e. The van der Waals surface area contributed by atoms with E-state index in [1.807, 2.05) is 12.3 Å². The Hall–Kier alpha value is -2.76. The van der Waals surface area contributed by atoms with Crippen LogP contribution in [0, 0.1) is 11.3 Å². The number of likely N-dealkylation sites (tertiary alicyclic amines) is 1. The van der Waals surface area contributed by atoms with E-state index in [4.69, 9.17) is 4.74 Å². The highest BCUT2D eigenvalue weighted by molar-refractivity contribution is 5.83. The minimum absolute atomic E-state index is 0.279. The van der Waals surface area contributed by atoms with Gasteiger partial charge in [-0.3, -0.25) is 14.7 Å². The quantitative estimate of drug-likeness (QED) is 0.564. The van der Waals surface area contributed by atoms with Crippen LogP contribution in [0.5, 0.6) is 0 Å². The van der Waals surface area contributed by atoms with Gasteiger partial charge in [0.25, 0.3) is 0 Å². The maximum absolute atomic E-state index is 13.7. The summed E-state index contributed by atoms with van der Waals surface area (Å²) in [5, 5.41) is 1.16. The molecule has 0 saturated carbocycles. The zero-order chi connectivity index (χ0) is 23.4. The number of pyridine rings is 1. The van der Waals surface area contributed by atoms with E-state index in [-0.39, 0.29) is 11.3 Å². The van der Waals surface area contributed by atoms with Crippen molar-refractivity contribution in [1.29, 1.82) is 0 Å². The molecule has 2 aliphatic rings. The van der Waals surface area contributed by atoms with Crippen molar-refractivity contribution in [2.45, 2.75) is 32.7 Å². The van der Waals surface area contributed by atoms with E-state index in [1.54, 1.807) is 0 Å². The standard InChI is InChI=1S/C29H35N3O2/c1-29(12-15-31(16-13-29)20-23-7-3-2-4-8-23)28(33)32-17-18-34-22-24(21-32)19-26-10-5-9-25-11-6-14-30-27(25)26/h2-11,14,24H,12-13,15-22H2,1H3/t24-/m1/s1. The first-order chi connectivity index (χ1) is 16.6. The summed E-state index contributed by atoms with van der Waals surface area (Å²) in [4.78, 5) is 22.9. The van der Waals surface area contributed by atoms with Gasteiger partial charge in [-0.1, -0.05) is 61.5 Å². The molecular weight excluding hydrogens is 422 g/mol. The van der Waals surface area contributed by atoms with Crippen LogP contribution in [0.1, 0.15) is 30.9 Å². The number of ether oxygens (including phenoxy) is 1. The van der Waals surface area contributed by atoms with Gasteiger partial charge in [0.1, 0.15) is 0 Å². The molecule has 2 saturated heterocycles. The summed E-state index contributed by atoms with van der Waals surface area (Å²) in [6, 6.07) is 21.1. The van der Waals surface area contributed by atoms with Crippen molar-refractivity contribution in [1.82, 2.24) is 14.8 Å². The number of carbonyl (C=O) groups excluding carboxylic acids is 1. The maximum Gasteiger partial charge on any atom is 0.228 e. The number of para-hydroxylation sites is 1. The van der Waals surface area contributed by atoms with Crippen LogP contribution in [0.3, 0.4) is 0 Å². The predicted octanol–water partition coefficient (Wildman–Crippen LogP) is 4.55. The van der Waals surface area contributed by atoms with E-state index < -0.39 is 0 Å². The molecule has 1 amide bonds. The van der Waals surface area contributed by atoms with E-state index in [0.29, 0.717) is 25.7 Å². The van der Waals surface area contributed by atoms with Gasteiger partial charge in [0.2, 0.25) is 5.91 Å². The number of aromatic nitrogens is 1. The van der Waals surface area contributed by atoms with E-state index in [2.05, 4.69) is 76.3 Å². The third kappa shape index (κ3) is 5.16. The Morgan fingerprint density at radius 3 is 2.65 bits per heavy atom. The normalized spacial score (nSPS) is 21.3. The Bertz CT molecular complexity index is 1100. The number of carbonyl (C=O) groups is 1. The van der Waals surface area contributed by atoms with Gasteiger partial charge in [-0.15, -0.1) is 0 Å². The number of benzene rings is 2. The van der Waals surface area contributed by atoms with E-state index in [0.717, 1.165) is 56.3 Å². The highest BCUT2D eigenvalue weighted by Crippen LogP contribution is 2.34. The van der Waals surface area contributed by atoms with Crippen molar-refractivity contribution in [2.24, 2.45) is 11.3 Å². The number of piperidine rings is 1. The zero-order valence-corrected chi connectivity index (χ0v) is 20.2. The lowest BCUT2D eigenvalue weighted by Gasteiger charge is -2.41. The average molecular weight is 458 g/mol. The molecule has 1 atom stereocenters. The monoisotopic (exact) mass is 457 g/mol. The van der Waals surface area contributed by atoms with Crippen molar-refractivity contribution in [2.75, 3.05) is 39.4 Å². The Balaban J connectivity index is 1.23. The molecule has 5 heteroatoms. The molecule has 0 spiro atoms. The van der Waals surface area contributed by atoms with Gasteiger partial charge in [0.15, 0.2) is 0 Å². The molecule has 0 N–H and O–H groups in total. The van der Waals surface area contributed by atoms with Gasteiger partial charge >= 0.3 is 0 Å². The van der Waals surface area contributed by atoms with Gasteiger partial charge in [0.05, 0.1) is 18.7 Å². The number of rotatable bonds is 5. The van der Waals surface area contributed by atoms with Gasteiger partial charge in [0, 0.05) is 42.6 Å². The van der Waals surface area contributed by atoms with E-state index >= 15 is 0 Å². The molecule has 178 valence electrons. The fourth-order valence-electron chi connectivity index (χ4n) is 5.47. The zero-order valence-electron chi connectivity index (χ0n) is 20.2. The summed E-state index contributed by atoms with van der Waals surface area (Å²) >= 11 is 0. The molecule has 1 aromatic heterocycles. The molecule has 2 fully saturated rings. The maximum atomic E-state index is 13.7. The minimum atomic E-state index is -0.289. The number of hydrogen-bond donors (Lipinski definition) is 0. The number of fused-ring (bicyclic) bond motifs is 1. The lowest BCUT2D eigenvalue weighted by molar-refractivity contribution is -0.144. The highest BCUT2D eigenvalue weighted by Gasteiger charge is 2.40. The predicted molar refractivity (Wildman–Crippen MR) is 135 cm³/mol. The molecule has 2 aromatic carbocycles. The first-order valence-corrected chi connectivity index (χ1v) is 12.6. The van der Waals surface area contributed by atoms with Crippen molar-refractivity contribution in [3.63, 3.8) is 0 Å². The van der Waals surface area contributed by atoms with E-state index in [1.165, 1.54) is 11.1 Å². The lowest BCUT2D eigenvalue weighted by Crippen LogP contribution is -2.50. The van der Waals surface area contributed by atoms with Crippen LogP contribution in [-0.2, 0) is 22.5 Å². The third-order valence-corrected chi connectivity index (χ3v) is 7.57. The molecule has 34 heavy (non-hydrogen) atoms. The van der Waals surface area contributed by atoms with Crippen LogP contribution >= 0.6 is 0 Å². The van der Waals surface area contributed by atoms with Crippen molar-refractivity contribution in [3.05, 3.63) is 78.0 Å². The SMILES string of the molecule is CC1(C(=O)N2CCOC[C@H](Cc3cccc4cccnc34)C2)CCN(Cc2ccccc2)CC1. The van der Waals surface area contributed by atoms with Crippen LogP contribution in [0.15, 0.2) is 66.9 Å². The fraction of sp³-hybridized carbons (Fsp3) is 0.448. The highest BCUT2D eigenvalue weighted by atomic mass is 16.5. The summed E-state index contributed by atoms with van der Waals surface area (Å²) in [6.45, 7) is 7.81. The van der Waals surface area contributed by atoms with Gasteiger partial charge < -0.3 is 9.64 Å². The van der Waals surface area contributed by atoms with Crippen molar-refractivity contribution < 1.29 is 9.53 Å². The molecule has 0 bridgehead atoms. The smallest absolute Gasteiger partial charge is 0.228 e. The molecule has 0 aliphatic carbocycles. The lowest BCUT2D eigenvalue weighted by atomic mass is 9.78. The van der Waals surface area contributed by atoms with Crippen LogP contribution in [-0.4, -0.2) is 60.1 Å². The van der Waals surface area contributed by atoms with Crippen molar-refractivity contribution >= 4 is 16.8 Å². The second kappa shape index (κ2) is 10.2. The average Bonchev–Trinajstić information content (AvgIpc) is 3.11. The largest absolute Gasteiger partial charge is 0.379 e. The summed E-state index contributed by atoms with van der Waals surface area (Å²) < 4.78 is 5.95. The topological polar surface area (TPSA) is 45.7 Å². The van der Waals surface area contributed by atoms with Crippen LogP contribution < -0.4 is 0 Å². The Labute approximate surface area is 202 Å². The summed E-state index contributed by atoms with van der Waals surface area (Å²) in [6.07, 6.45) is 4.55. The number of hydrogen-bond acceptors (Lipinski definition) is 4. The van der Waals surface area contributed by atoms with Crippen LogP contribution in [0.25, 0.3) is 10.9 Å².